The van der Waals surface area contributed by atoms with Gasteiger partial charge in [0.05, 0.1) is 6.04 Å². The second-order valence-corrected chi connectivity index (χ2v) is 4.38. The molecule has 0 spiro atoms. The maximum Gasteiger partial charge on any atom is 0.316 e. The molecule has 1 aliphatic rings. The van der Waals surface area contributed by atoms with E-state index in [1.165, 1.54) is 0 Å². The molecule has 4 N–H and O–H groups in total. The van der Waals surface area contributed by atoms with E-state index < -0.39 is 6.04 Å². The van der Waals surface area contributed by atoms with E-state index in [4.69, 9.17) is 10.2 Å². The van der Waals surface area contributed by atoms with Gasteiger partial charge in [-0.2, -0.15) is 0 Å². The molecule has 1 fully saturated rings. The first-order valence-electron chi connectivity index (χ1n) is 5.72. The van der Waals surface area contributed by atoms with Gasteiger partial charge in [-0.05, 0) is 26.7 Å². The van der Waals surface area contributed by atoms with Gasteiger partial charge in [0.1, 0.15) is 6.04 Å². The van der Waals surface area contributed by atoms with Crippen LogP contribution in [-0.2, 0) is 4.79 Å². The quantitative estimate of drug-likeness (QED) is 0.676. The van der Waals surface area contributed by atoms with E-state index in [-0.39, 0.29) is 18.0 Å². The lowest BCUT2D eigenvalue weighted by atomic mass is 10.3. The van der Waals surface area contributed by atoms with Crippen LogP contribution in [0, 0.1) is 0 Å². The number of carbonyl (C=O) groups is 1. The number of anilines is 1. The van der Waals surface area contributed by atoms with Crippen molar-refractivity contribution in [2.45, 2.75) is 44.8 Å². The van der Waals surface area contributed by atoms with Gasteiger partial charge in [0, 0.05) is 6.04 Å². The van der Waals surface area contributed by atoms with E-state index in [0.29, 0.717) is 11.9 Å². The molecule has 2 unspecified atom stereocenters. The first kappa shape index (κ1) is 11.8. The number of carbonyl (C=O) groups excluding carboxylic acids is 1. The fourth-order valence-corrected chi connectivity index (χ4v) is 1.28. The van der Waals surface area contributed by atoms with Crippen molar-refractivity contribution in [3.05, 3.63) is 5.89 Å². The molecule has 2 rings (SSSR count). The number of nitrogens with zero attached hydrogens (tertiary/aromatic N) is 2. The van der Waals surface area contributed by atoms with Crippen LogP contribution in [0.2, 0.25) is 0 Å². The monoisotopic (exact) mass is 239 g/mol. The van der Waals surface area contributed by atoms with Crippen LogP contribution in [0.15, 0.2) is 4.42 Å². The Morgan fingerprint density at radius 3 is 2.71 bits per heavy atom. The van der Waals surface area contributed by atoms with Gasteiger partial charge in [-0.1, -0.05) is 5.10 Å². The maximum absolute atomic E-state index is 11.7. The number of nitrogens with one attached hydrogen (secondary N) is 2. The van der Waals surface area contributed by atoms with Crippen molar-refractivity contribution >= 4 is 11.9 Å². The Bertz CT molecular complexity index is 399. The van der Waals surface area contributed by atoms with Crippen LogP contribution in [0.4, 0.5) is 6.01 Å². The maximum atomic E-state index is 11.7. The van der Waals surface area contributed by atoms with E-state index in [1.54, 1.807) is 13.8 Å². The minimum absolute atomic E-state index is 0.0620. The van der Waals surface area contributed by atoms with Crippen molar-refractivity contribution in [3.8, 4) is 0 Å². The molecule has 7 nitrogen and oxygen atoms in total. The predicted octanol–water partition coefficient (Wildman–Crippen LogP) is 0.168. The van der Waals surface area contributed by atoms with Crippen LogP contribution in [0.5, 0.6) is 0 Å². The normalized spacial score (nSPS) is 18.5. The molecular formula is C10H17N5O2. The van der Waals surface area contributed by atoms with E-state index in [2.05, 4.69) is 20.8 Å². The number of nitrogens with two attached hydrogens (primary N) is 1. The summed E-state index contributed by atoms with van der Waals surface area (Å²) in [6, 6.07) is -0.157. The second-order valence-electron chi connectivity index (χ2n) is 4.38. The molecule has 0 aromatic carbocycles. The number of amides is 1. The summed E-state index contributed by atoms with van der Waals surface area (Å²) in [6.45, 7) is 3.49. The molecule has 1 aliphatic carbocycles. The third-order valence-corrected chi connectivity index (χ3v) is 2.49. The molecule has 1 heterocycles. The highest BCUT2D eigenvalue weighted by Crippen LogP contribution is 2.19. The third-order valence-electron chi connectivity index (χ3n) is 2.49. The van der Waals surface area contributed by atoms with Crippen molar-refractivity contribution in [1.82, 2.24) is 15.5 Å². The number of hydrogen-bond acceptors (Lipinski definition) is 6. The summed E-state index contributed by atoms with van der Waals surface area (Å²) < 4.78 is 5.25. The molecule has 0 saturated heterocycles. The Labute approximate surface area is 99.1 Å². The fraction of sp³-hybridized carbons (Fsp3) is 0.700. The number of hydrogen-bond donors (Lipinski definition) is 3. The third kappa shape index (κ3) is 3.16. The Balaban J connectivity index is 1.87. The SMILES string of the molecule is CC(Nc1nnc(C(C)N)o1)C(=O)NC1CC1. The van der Waals surface area contributed by atoms with Gasteiger partial charge < -0.3 is 20.8 Å². The van der Waals surface area contributed by atoms with Gasteiger partial charge in [0.25, 0.3) is 0 Å². The molecule has 1 saturated carbocycles. The molecule has 7 heteroatoms. The predicted molar refractivity (Wildman–Crippen MR) is 61.1 cm³/mol. The average molecular weight is 239 g/mol. The minimum Gasteiger partial charge on any atom is -0.406 e. The summed E-state index contributed by atoms with van der Waals surface area (Å²) >= 11 is 0. The zero-order chi connectivity index (χ0) is 12.4. The largest absolute Gasteiger partial charge is 0.406 e. The lowest BCUT2D eigenvalue weighted by molar-refractivity contribution is -0.121. The van der Waals surface area contributed by atoms with Gasteiger partial charge in [-0.15, -0.1) is 5.10 Å². The van der Waals surface area contributed by atoms with Crippen molar-refractivity contribution in [1.29, 1.82) is 0 Å². The van der Waals surface area contributed by atoms with E-state index >= 15 is 0 Å². The fourth-order valence-electron chi connectivity index (χ4n) is 1.28. The molecule has 2 atom stereocenters. The zero-order valence-electron chi connectivity index (χ0n) is 9.93. The van der Waals surface area contributed by atoms with Crippen LogP contribution in [-0.4, -0.2) is 28.2 Å². The van der Waals surface area contributed by atoms with Crippen molar-refractivity contribution in [2.24, 2.45) is 5.73 Å². The molecule has 1 aromatic rings. The number of aromatic nitrogens is 2. The number of rotatable bonds is 5. The van der Waals surface area contributed by atoms with Gasteiger partial charge in [-0.3, -0.25) is 4.79 Å². The molecule has 1 aromatic heterocycles. The van der Waals surface area contributed by atoms with Gasteiger partial charge >= 0.3 is 6.01 Å². The summed E-state index contributed by atoms with van der Waals surface area (Å²) in [6.07, 6.45) is 2.13. The van der Waals surface area contributed by atoms with E-state index in [9.17, 15) is 4.79 Å². The highest BCUT2D eigenvalue weighted by atomic mass is 16.4. The molecule has 0 aliphatic heterocycles. The summed E-state index contributed by atoms with van der Waals surface area (Å²) in [5, 5.41) is 13.3. The van der Waals surface area contributed by atoms with Crippen molar-refractivity contribution in [2.75, 3.05) is 5.32 Å². The van der Waals surface area contributed by atoms with Gasteiger partial charge in [0.2, 0.25) is 11.8 Å². The highest BCUT2D eigenvalue weighted by molar-refractivity contribution is 5.84. The molecule has 0 bridgehead atoms. The summed E-state index contributed by atoms with van der Waals surface area (Å²) in [5.74, 6) is 0.287. The van der Waals surface area contributed by atoms with Crippen molar-refractivity contribution < 1.29 is 9.21 Å². The molecule has 17 heavy (non-hydrogen) atoms. The van der Waals surface area contributed by atoms with Crippen LogP contribution in [0.3, 0.4) is 0 Å². The second kappa shape index (κ2) is 4.70. The lowest BCUT2D eigenvalue weighted by Gasteiger charge is -2.11. The van der Waals surface area contributed by atoms with Gasteiger partial charge in [0.15, 0.2) is 0 Å². The first-order chi connectivity index (χ1) is 8.06. The molecule has 1 amide bonds. The summed E-state index contributed by atoms with van der Waals surface area (Å²) in [4.78, 5) is 11.7. The highest BCUT2D eigenvalue weighted by Gasteiger charge is 2.26. The van der Waals surface area contributed by atoms with Crippen LogP contribution >= 0.6 is 0 Å². The summed E-state index contributed by atoms with van der Waals surface area (Å²) in [7, 11) is 0. The lowest BCUT2D eigenvalue weighted by Crippen LogP contribution is -2.38. The Morgan fingerprint density at radius 1 is 1.47 bits per heavy atom. The smallest absolute Gasteiger partial charge is 0.316 e. The summed E-state index contributed by atoms with van der Waals surface area (Å²) in [5.41, 5.74) is 5.59. The molecular weight excluding hydrogens is 222 g/mol. The Hall–Kier alpha value is -1.63. The Morgan fingerprint density at radius 2 is 2.18 bits per heavy atom. The molecule has 0 radical (unpaired) electrons. The van der Waals surface area contributed by atoms with E-state index in [0.717, 1.165) is 12.8 Å². The van der Waals surface area contributed by atoms with Crippen molar-refractivity contribution in [3.63, 3.8) is 0 Å². The van der Waals surface area contributed by atoms with Crippen LogP contribution in [0.1, 0.15) is 38.6 Å². The van der Waals surface area contributed by atoms with Gasteiger partial charge in [-0.25, -0.2) is 0 Å². The van der Waals surface area contributed by atoms with E-state index in [1.807, 2.05) is 0 Å². The Kier molecular flexibility index (Phi) is 3.28. The van der Waals surface area contributed by atoms with Crippen LogP contribution < -0.4 is 16.4 Å². The molecule has 94 valence electrons. The van der Waals surface area contributed by atoms with Crippen LogP contribution in [0.25, 0.3) is 0 Å². The topological polar surface area (TPSA) is 106 Å². The minimum atomic E-state index is -0.406. The zero-order valence-corrected chi connectivity index (χ0v) is 9.93. The first-order valence-corrected chi connectivity index (χ1v) is 5.72. The average Bonchev–Trinajstić information content (AvgIpc) is 2.94. The standard InChI is InChI=1S/C10H17N5O2/c1-5(11)9-14-15-10(17-9)12-6(2)8(16)13-7-3-4-7/h5-7H,3-4,11H2,1-2H3,(H,12,15)(H,13,16).